The van der Waals surface area contributed by atoms with E-state index < -0.39 is 23.4 Å². The predicted molar refractivity (Wildman–Crippen MR) is 101 cm³/mol. The molecular weight excluding hydrogens is 372 g/mol. The lowest BCUT2D eigenvalue weighted by Crippen LogP contribution is -2.54. The molecule has 0 saturated heterocycles. The Balaban J connectivity index is 1.92. The topological polar surface area (TPSA) is 95.9 Å². The van der Waals surface area contributed by atoms with Gasteiger partial charge in [0.05, 0.1) is 22.0 Å². The lowest BCUT2D eigenvalue weighted by molar-refractivity contribution is -0.133. The van der Waals surface area contributed by atoms with Crippen molar-refractivity contribution >= 4 is 40.8 Å². The van der Waals surface area contributed by atoms with Crippen LogP contribution >= 0.6 is 11.6 Å². The van der Waals surface area contributed by atoms with Crippen molar-refractivity contribution in [1.82, 2.24) is 0 Å². The largest absolute Gasteiger partial charge is 0.478 e. The van der Waals surface area contributed by atoms with E-state index in [4.69, 9.17) is 16.3 Å². The minimum absolute atomic E-state index is 0.0126. The van der Waals surface area contributed by atoms with Gasteiger partial charge in [0.1, 0.15) is 12.3 Å². The molecular formula is C19H17ClN2O5. The number of nitrogens with one attached hydrogen (secondary N) is 1. The summed E-state index contributed by atoms with van der Waals surface area (Å²) < 4.78 is 5.68. The van der Waals surface area contributed by atoms with E-state index >= 15 is 0 Å². The summed E-state index contributed by atoms with van der Waals surface area (Å²) in [6, 6.07) is 10.9. The van der Waals surface area contributed by atoms with Crippen LogP contribution in [0.15, 0.2) is 42.5 Å². The number of carboxylic acid groups (broad SMARTS) is 1. The number of amides is 2. The molecule has 0 aromatic heterocycles. The third kappa shape index (κ3) is 3.73. The van der Waals surface area contributed by atoms with Crippen molar-refractivity contribution in [2.24, 2.45) is 0 Å². The molecule has 1 aliphatic rings. The number of nitrogens with zero attached hydrogens (tertiary/aromatic N) is 1. The Morgan fingerprint density at radius 1 is 1.22 bits per heavy atom. The smallest absolute Gasteiger partial charge is 0.335 e. The second-order valence-electron chi connectivity index (χ2n) is 6.52. The molecule has 0 radical (unpaired) electrons. The van der Waals surface area contributed by atoms with Gasteiger partial charge in [-0.15, -0.1) is 0 Å². The van der Waals surface area contributed by atoms with Gasteiger partial charge in [-0.1, -0.05) is 23.7 Å². The molecule has 0 atom stereocenters. The number of carboxylic acids is 1. The number of benzene rings is 2. The van der Waals surface area contributed by atoms with Gasteiger partial charge in [0.2, 0.25) is 5.91 Å². The van der Waals surface area contributed by atoms with Crippen LogP contribution in [0.3, 0.4) is 0 Å². The van der Waals surface area contributed by atoms with E-state index in [1.165, 1.54) is 23.1 Å². The van der Waals surface area contributed by atoms with Crippen LogP contribution in [0.5, 0.6) is 5.75 Å². The summed E-state index contributed by atoms with van der Waals surface area (Å²) in [6.45, 7) is 2.86. The van der Waals surface area contributed by atoms with Crippen LogP contribution in [0.1, 0.15) is 24.2 Å². The van der Waals surface area contributed by atoms with Gasteiger partial charge < -0.3 is 15.2 Å². The van der Waals surface area contributed by atoms with Crippen molar-refractivity contribution in [3.05, 3.63) is 53.1 Å². The fourth-order valence-electron chi connectivity index (χ4n) is 2.75. The maximum atomic E-state index is 12.8. The van der Waals surface area contributed by atoms with Crippen LogP contribution in [-0.4, -0.2) is 35.0 Å². The monoisotopic (exact) mass is 388 g/mol. The molecule has 2 aromatic rings. The first-order chi connectivity index (χ1) is 12.7. The normalized spacial score (nSPS) is 14.9. The Bertz CT molecular complexity index is 941. The number of aromatic carboxylic acids is 1. The average molecular weight is 389 g/mol. The minimum atomic E-state index is -1.19. The molecule has 8 heteroatoms. The van der Waals surface area contributed by atoms with E-state index in [-0.39, 0.29) is 17.8 Å². The Hall–Kier alpha value is -3.06. The first kappa shape index (κ1) is 18.7. The molecule has 2 amide bonds. The van der Waals surface area contributed by atoms with Gasteiger partial charge in [-0.25, -0.2) is 4.79 Å². The Kier molecular flexibility index (Phi) is 4.80. The van der Waals surface area contributed by atoms with Crippen molar-refractivity contribution in [2.45, 2.75) is 19.4 Å². The van der Waals surface area contributed by atoms with Crippen LogP contribution in [0, 0.1) is 0 Å². The van der Waals surface area contributed by atoms with Gasteiger partial charge in [-0.3, -0.25) is 14.5 Å². The number of hydrogen-bond acceptors (Lipinski definition) is 4. The molecule has 3 rings (SSSR count). The number of carbonyl (C=O) groups is 3. The lowest BCUT2D eigenvalue weighted by Gasteiger charge is -2.38. The molecule has 0 spiro atoms. The van der Waals surface area contributed by atoms with Crippen molar-refractivity contribution in [3.63, 3.8) is 0 Å². The first-order valence-corrected chi connectivity index (χ1v) is 8.49. The number of fused-ring (bicyclic) bond motifs is 1. The van der Waals surface area contributed by atoms with E-state index in [0.29, 0.717) is 16.5 Å². The van der Waals surface area contributed by atoms with Gasteiger partial charge in [-0.05, 0) is 44.2 Å². The zero-order chi connectivity index (χ0) is 19.8. The Morgan fingerprint density at radius 3 is 2.59 bits per heavy atom. The number of rotatable bonds is 4. The predicted octanol–water partition coefficient (Wildman–Crippen LogP) is 3.18. The highest BCUT2D eigenvalue weighted by Crippen LogP contribution is 2.38. The molecule has 27 heavy (non-hydrogen) atoms. The van der Waals surface area contributed by atoms with Gasteiger partial charge in [-0.2, -0.15) is 0 Å². The fraction of sp³-hybridized carbons (Fsp3) is 0.211. The summed E-state index contributed by atoms with van der Waals surface area (Å²) in [5, 5.41) is 12.2. The summed E-state index contributed by atoms with van der Waals surface area (Å²) in [5.74, 6) is -1.74. The van der Waals surface area contributed by atoms with Crippen LogP contribution < -0.4 is 15.0 Å². The molecule has 0 fully saturated rings. The summed E-state index contributed by atoms with van der Waals surface area (Å²) in [4.78, 5) is 37.8. The Labute approximate surface area is 160 Å². The standard InChI is InChI=1S/C19H17ClN2O5/c1-19(2)18(26)22(10-16(23)21-13-6-4-3-5-12(13)20)14-9-11(17(24)25)7-8-15(14)27-19/h3-9H,10H2,1-2H3,(H,21,23)(H,24,25). The maximum Gasteiger partial charge on any atom is 0.335 e. The van der Waals surface area contributed by atoms with Crippen molar-refractivity contribution in [1.29, 1.82) is 0 Å². The molecule has 0 unspecified atom stereocenters. The van der Waals surface area contributed by atoms with E-state index in [9.17, 15) is 19.5 Å². The molecule has 1 heterocycles. The number of anilines is 2. The fourth-order valence-corrected chi connectivity index (χ4v) is 2.94. The number of halogens is 1. The van der Waals surface area contributed by atoms with E-state index in [1.54, 1.807) is 38.1 Å². The lowest BCUT2D eigenvalue weighted by atomic mass is 10.0. The molecule has 1 aliphatic heterocycles. The Morgan fingerprint density at radius 2 is 1.93 bits per heavy atom. The molecule has 0 aliphatic carbocycles. The van der Waals surface area contributed by atoms with Crippen LogP contribution in [0.2, 0.25) is 5.02 Å². The first-order valence-electron chi connectivity index (χ1n) is 8.12. The van der Waals surface area contributed by atoms with E-state index in [2.05, 4.69) is 5.32 Å². The zero-order valence-corrected chi connectivity index (χ0v) is 15.4. The minimum Gasteiger partial charge on any atom is -0.478 e. The summed E-state index contributed by atoms with van der Waals surface area (Å²) in [7, 11) is 0. The molecule has 0 saturated carbocycles. The number of hydrogen-bond donors (Lipinski definition) is 2. The van der Waals surface area contributed by atoms with Gasteiger partial charge in [0.15, 0.2) is 5.60 Å². The second kappa shape index (κ2) is 6.92. The van der Waals surface area contributed by atoms with E-state index in [1.807, 2.05) is 0 Å². The van der Waals surface area contributed by atoms with Crippen molar-refractivity contribution < 1.29 is 24.2 Å². The SMILES string of the molecule is CC1(C)Oc2ccc(C(=O)O)cc2N(CC(=O)Nc2ccccc2Cl)C1=O. The highest BCUT2D eigenvalue weighted by atomic mass is 35.5. The summed E-state index contributed by atoms with van der Waals surface area (Å²) >= 11 is 6.04. The van der Waals surface area contributed by atoms with Crippen LogP contribution in [-0.2, 0) is 9.59 Å². The second-order valence-corrected chi connectivity index (χ2v) is 6.93. The molecule has 140 valence electrons. The van der Waals surface area contributed by atoms with E-state index in [0.717, 1.165) is 0 Å². The molecule has 7 nitrogen and oxygen atoms in total. The third-order valence-electron chi connectivity index (χ3n) is 4.07. The van der Waals surface area contributed by atoms with Gasteiger partial charge in [0, 0.05) is 0 Å². The third-order valence-corrected chi connectivity index (χ3v) is 4.40. The van der Waals surface area contributed by atoms with Crippen LogP contribution in [0.4, 0.5) is 11.4 Å². The average Bonchev–Trinajstić information content (AvgIpc) is 2.60. The molecule has 2 aromatic carbocycles. The zero-order valence-electron chi connectivity index (χ0n) is 14.7. The summed E-state index contributed by atoms with van der Waals surface area (Å²) in [5.41, 5.74) is -0.555. The molecule has 2 N–H and O–H groups in total. The van der Waals surface area contributed by atoms with Gasteiger partial charge >= 0.3 is 5.97 Å². The van der Waals surface area contributed by atoms with Crippen LogP contribution in [0.25, 0.3) is 0 Å². The van der Waals surface area contributed by atoms with Crippen molar-refractivity contribution in [3.8, 4) is 5.75 Å². The number of carbonyl (C=O) groups excluding carboxylic acids is 2. The number of ether oxygens (including phenoxy) is 1. The molecule has 0 bridgehead atoms. The summed E-state index contributed by atoms with van der Waals surface area (Å²) in [6.07, 6.45) is 0. The van der Waals surface area contributed by atoms with Gasteiger partial charge in [0.25, 0.3) is 5.91 Å². The van der Waals surface area contributed by atoms with Crippen molar-refractivity contribution in [2.75, 3.05) is 16.8 Å². The highest BCUT2D eigenvalue weighted by Gasteiger charge is 2.41. The highest BCUT2D eigenvalue weighted by molar-refractivity contribution is 6.33. The maximum absolute atomic E-state index is 12.8. The quantitative estimate of drug-likeness (QED) is 0.838. The number of para-hydroxylation sites is 1.